The van der Waals surface area contributed by atoms with Crippen molar-refractivity contribution in [3.8, 4) is 0 Å². The Balaban J connectivity index is 0.000000301. The van der Waals surface area contributed by atoms with E-state index in [2.05, 4.69) is 65.6 Å². The molecule has 12 N–H and O–H groups in total. The predicted octanol–water partition coefficient (Wildman–Crippen LogP) is 15.4. The number of fused-ring (bicyclic) bond motifs is 2. The second kappa shape index (κ2) is 54.7. The number of aromatic nitrogens is 4. The van der Waals surface area contributed by atoms with Crippen molar-refractivity contribution < 1.29 is 113 Å². The number of halogens is 5. The quantitative estimate of drug-likeness (QED) is 0.00580. The van der Waals surface area contributed by atoms with E-state index in [9.17, 15) is 75.9 Å². The summed E-state index contributed by atoms with van der Waals surface area (Å²) in [6.07, 6.45) is 10.7. The normalized spacial score (nSPS) is 18.8. The van der Waals surface area contributed by atoms with E-state index in [0.29, 0.717) is 110 Å². The first-order chi connectivity index (χ1) is 61.6. The van der Waals surface area contributed by atoms with Gasteiger partial charge in [-0.25, -0.2) is 31.9 Å². The van der Waals surface area contributed by atoms with Crippen LogP contribution in [0.2, 0.25) is 0 Å². The number of aliphatic hydroxyl groups is 4. The third kappa shape index (κ3) is 38.3. The number of primary amides is 1. The zero-order chi connectivity index (χ0) is 94.6. The van der Waals surface area contributed by atoms with Gasteiger partial charge in [-0.3, -0.25) is 53.7 Å². The van der Waals surface area contributed by atoms with Gasteiger partial charge in [0.25, 0.3) is 11.8 Å². The van der Waals surface area contributed by atoms with Crippen LogP contribution in [0.3, 0.4) is 0 Å². The van der Waals surface area contributed by atoms with E-state index in [1.54, 1.807) is 108 Å². The number of hydrogen-bond donors (Lipinski definition) is 10. The Morgan fingerprint density at radius 3 is 1.25 bits per heavy atom. The Bertz CT molecular complexity index is 5320. The molecule has 0 bridgehead atoms. The third-order valence-electron chi connectivity index (χ3n) is 22.8. The molecule has 0 saturated carbocycles. The Hall–Kier alpha value is -9.94. The van der Waals surface area contributed by atoms with Crippen molar-refractivity contribution >= 4 is 82.4 Å². The molecule has 4 fully saturated rings. The molecule has 3 amide bonds. The van der Waals surface area contributed by atoms with Crippen molar-refractivity contribution in [2.75, 3.05) is 0 Å². The van der Waals surface area contributed by atoms with Gasteiger partial charge >= 0.3 is 23.9 Å². The molecular formula is C101H133F5N10O15P2V. The van der Waals surface area contributed by atoms with Crippen LogP contribution in [0.5, 0.6) is 0 Å². The Labute approximate surface area is 800 Å². The summed E-state index contributed by atoms with van der Waals surface area (Å²) < 4.78 is 88.8. The number of amides is 3. The summed E-state index contributed by atoms with van der Waals surface area (Å²) in [5.74, 6) is -5.48. The van der Waals surface area contributed by atoms with E-state index in [0.717, 1.165) is 29.5 Å². The Kier molecular flexibility index (Phi) is 46.8. The molecule has 727 valence electrons. The molecule has 33 heteroatoms. The summed E-state index contributed by atoms with van der Waals surface area (Å²) in [7, 11) is 4.91. The molecule has 16 atom stereocenters. The van der Waals surface area contributed by atoms with E-state index >= 15 is 0 Å². The number of nitrogens with zero attached hydrogens (tertiary/aromatic N) is 4. The van der Waals surface area contributed by atoms with Gasteiger partial charge in [-0.05, 0) is 277 Å². The average Bonchev–Trinajstić information content (AvgIpc) is 1.59. The number of aliphatic hydroxyl groups excluding tert-OH is 1. The van der Waals surface area contributed by atoms with Gasteiger partial charge in [0.2, 0.25) is 5.91 Å². The SMILES string of the molecule is C.C.C.CC(C)(O)CC[C@@H]1CC([C@@H](N)Cc2cccc(F)c2)OC1=O.CC(C)(O)CC[C@@H]1CC([C@H](Cc2cccc(F)c2)NC(=O)c2cnc3ccccc3n2)OC1=O.CC(C)(O)CC[C@H](C[C@H](O)[C@H](Cc1cccc(F)c1)NC(=O)c1cnc2ccccc2n1)C(N)=O.CC(C)=CC[C@@H]1CC([C@H](Cc2cccc(F)c2)NP)OC1=O.O=C1CCC([C@H](Cc2cccc(F)c2)NP)O1.[V]. The van der Waals surface area contributed by atoms with Crippen molar-refractivity contribution in [1.29, 1.82) is 0 Å². The van der Waals surface area contributed by atoms with Gasteiger partial charge in [-0.2, -0.15) is 0 Å². The van der Waals surface area contributed by atoms with Crippen LogP contribution in [-0.2, 0) is 93.6 Å². The van der Waals surface area contributed by atoms with E-state index in [1.165, 1.54) is 78.6 Å². The van der Waals surface area contributed by atoms with Crippen molar-refractivity contribution in [3.63, 3.8) is 0 Å². The van der Waals surface area contributed by atoms with Crippen LogP contribution in [0, 0.1) is 52.8 Å². The molecule has 2 aromatic heterocycles. The summed E-state index contributed by atoms with van der Waals surface area (Å²) in [4.78, 5) is 103. The van der Waals surface area contributed by atoms with E-state index in [1.807, 2.05) is 56.3 Å². The summed E-state index contributed by atoms with van der Waals surface area (Å²) in [5.41, 5.74) is 16.7. The van der Waals surface area contributed by atoms with Crippen LogP contribution < -0.4 is 32.3 Å². The number of cyclic esters (lactones) is 4. The minimum absolute atomic E-state index is 0. The fourth-order valence-electron chi connectivity index (χ4n) is 15.6. The van der Waals surface area contributed by atoms with Gasteiger partial charge in [0.05, 0.1) is 99.3 Å². The van der Waals surface area contributed by atoms with Crippen LogP contribution in [0.1, 0.15) is 210 Å². The minimum atomic E-state index is -1.17. The van der Waals surface area contributed by atoms with Crippen LogP contribution in [0.15, 0.2) is 194 Å². The van der Waals surface area contributed by atoms with Crippen molar-refractivity contribution in [2.45, 2.75) is 271 Å². The molecular weight excluding hydrogens is 1800 g/mol. The summed E-state index contributed by atoms with van der Waals surface area (Å²) >= 11 is 0. The fourth-order valence-corrected chi connectivity index (χ4v) is 16.2. The maximum Gasteiger partial charge on any atom is 0.309 e. The van der Waals surface area contributed by atoms with Crippen molar-refractivity contribution in [3.05, 3.63) is 262 Å². The number of ether oxygens (including phenoxy) is 4. The second-order valence-corrected chi connectivity index (χ2v) is 36.5. The molecule has 0 aliphatic carbocycles. The number of nitrogens with two attached hydrogens (primary N) is 2. The Morgan fingerprint density at radius 2 is 0.858 bits per heavy atom. The number of allylic oxidation sites excluding steroid dienone is 2. The van der Waals surface area contributed by atoms with E-state index in [4.69, 9.17) is 30.4 Å². The van der Waals surface area contributed by atoms with Gasteiger partial charge in [0.1, 0.15) is 64.9 Å². The molecule has 134 heavy (non-hydrogen) atoms. The molecule has 1 radical (unpaired) electrons. The molecule has 25 nitrogen and oxygen atoms in total. The number of esters is 4. The maximum atomic E-state index is 13.8. The average molecular weight is 1940 g/mol. The first-order valence-corrected chi connectivity index (χ1v) is 44.8. The zero-order valence-electron chi connectivity index (χ0n) is 74.9. The number of nitrogens with one attached hydrogen (secondary N) is 4. The van der Waals surface area contributed by atoms with Gasteiger partial charge in [0, 0.05) is 36.9 Å². The van der Waals surface area contributed by atoms with Gasteiger partial charge in [0.15, 0.2) is 0 Å². The van der Waals surface area contributed by atoms with Crippen LogP contribution >= 0.6 is 18.8 Å². The first kappa shape index (κ1) is 115. The molecule has 6 unspecified atom stereocenters. The molecule has 13 rings (SSSR count). The standard InChI is InChI=1S/C26H31FN4O4.C26H28FN3O4.C17H24FNO3.C17H23FNO2P.C12H15FNO2P.3CH4.V/c1-26(2,35)11-10-17(24(28)33)14-23(32)21(13-16-6-5-7-18(27)12-16)31-25(34)22-15-29-19-8-3-4-9-20(19)30-22;1-26(2,33)11-10-17-14-23(34-25(17)32)21(13-16-6-5-7-18(27)12-16)30-24(31)22-15-28-19-8-3-4-9-20(19)29-22;1-17(2,21)7-6-12-10-15(22-16(12)20)14(19)9-11-4-3-5-13(18)8-11;1-11(2)6-7-13-10-16(21-17(13)20)15(19-22)9-12-4-3-5-14(18)8-12;13-9-3-1-2-8(6-9)7-10(14-17)11-4-5-12(15)16-11;;;;/h3-9,12,15,17,21,23,32,35H,10-11,13-14H2,1-2H3,(H2,28,33)(H,31,34);3-9,12,15,17,21,23,33H,10-11,13-14H2,1-2H3,(H,30,31);3-5,8,12,14-15,21H,6-7,9-10,19H2,1-2H3;3-6,8,13,15-16,19H,7,9-10,22H2,1-2H3;1-3,6,10-11,14H,4-5,7,17H2;3*1H4;/t17-,21+,23+;17-,21+,23?;12-,14+,15?;13-,15+,16?;10-,11?;;;;/m11110..../s1. The molecule has 4 saturated heterocycles. The number of rotatable bonds is 35. The Morgan fingerprint density at radius 1 is 0.493 bits per heavy atom. The zero-order valence-corrected chi connectivity index (χ0v) is 78.6. The first-order valence-electron chi connectivity index (χ1n) is 43.7. The number of hydrogen-bond acceptors (Lipinski definition) is 22. The summed E-state index contributed by atoms with van der Waals surface area (Å²) in [5, 5.41) is 52.7. The predicted molar refractivity (Wildman–Crippen MR) is 511 cm³/mol. The van der Waals surface area contributed by atoms with E-state index < -0.39 is 70.6 Å². The van der Waals surface area contributed by atoms with Gasteiger partial charge < -0.3 is 61.5 Å². The number of carbonyl (C=O) groups excluding carboxylic acids is 7. The largest absolute Gasteiger partial charge is 0.461 e. The fraction of sp³-hybridized carbons (Fsp3) is 0.455. The summed E-state index contributed by atoms with van der Waals surface area (Å²) in [6, 6.07) is 43.8. The molecule has 6 heterocycles. The van der Waals surface area contributed by atoms with Crippen LogP contribution in [0.4, 0.5) is 22.0 Å². The molecule has 4 aliphatic rings. The van der Waals surface area contributed by atoms with Crippen LogP contribution in [0.25, 0.3) is 22.1 Å². The van der Waals surface area contributed by atoms with Crippen molar-refractivity contribution in [1.82, 2.24) is 40.7 Å². The topological polar surface area (TPSA) is 389 Å². The molecule has 0 spiro atoms. The van der Waals surface area contributed by atoms with Gasteiger partial charge in [-0.15, -0.1) is 0 Å². The summed E-state index contributed by atoms with van der Waals surface area (Å²) in [6.45, 7) is 14.1. The molecule has 4 aliphatic heterocycles. The monoisotopic (exact) mass is 1930 g/mol. The maximum absolute atomic E-state index is 13.8. The second-order valence-electron chi connectivity index (χ2n) is 35.8. The number of para-hydroxylation sites is 4. The van der Waals surface area contributed by atoms with Crippen LogP contribution in [-0.4, -0.2) is 159 Å². The molecule has 7 aromatic carbocycles. The number of benzene rings is 7. The molecule has 9 aromatic rings. The van der Waals surface area contributed by atoms with Crippen molar-refractivity contribution in [2.24, 2.45) is 35.1 Å². The third-order valence-corrected chi connectivity index (χ3v) is 23.6. The smallest absolute Gasteiger partial charge is 0.309 e. The number of carbonyl (C=O) groups is 7. The van der Waals surface area contributed by atoms with Gasteiger partial charge in [-0.1, -0.05) is 138 Å². The van der Waals surface area contributed by atoms with E-state index in [-0.39, 0.29) is 179 Å². The minimum Gasteiger partial charge on any atom is -0.461 e.